The summed E-state index contributed by atoms with van der Waals surface area (Å²) in [5, 5.41) is 0.955. The first-order chi connectivity index (χ1) is 7.13. The molecular formula is C9H4ClFN2OS. The summed E-state index contributed by atoms with van der Waals surface area (Å²) in [6, 6.07) is 1.10. The average molecular weight is 243 g/mol. The van der Waals surface area contributed by atoms with E-state index >= 15 is 0 Å². The van der Waals surface area contributed by atoms with E-state index in [-0.39, 0.29) is 10.7 Å². The third-order valence-corrected chi connectivity index (χ3v) is 3.08. The summed E-state index contributed by atoms with van der Waals surface area (Å²) in [5.74, 6) is -0.639. The van der Waals surface area contributed by atoms with Crippen LogP contribution in [0.4, 0.5) is 10.1 Å². The molecule has 1 heterocycles. The lowest BCUT2D eigenvalue weighted by Gasteiger charge is -1.97. The van der Waals surface area contributed by atoms with Crippen LogP contribution in [0.25, 0.3) is 10.2 Å². The van der Waals surface area contributed by atoms with Crippen molar-refractivity contribution in [1.82, 2.24) is 4.98 Å². The van der Waals surface area contributed by atoms with Gasteiger partial charge < -0.3 is 0 Å². The zero-order valence-electron chi connectivity index (χ0n) is 7.54. The van der Waals surface area contributed by atoms with E-state index in [9.17, 15) is 9.18 Å². The third-order valence-electron chi connectivity index (χ3n) is 1.81. The third kappa shape index (κ3) is 1.65. The van der Waals surface area contributed by atoms with E-state index in [1.165, 1.54) is 17.4 Å². The molecule has 3 nitrogen and oxygen atoms in total. The average Bonchev–Trinajstić information content (AvgIpc) is 2.55. The number of rotatable bonds is 1. The number of aliphatic imine (C=N–C) groups is 1. The van der Waals surface area contributed by atoms with Crippen LogP contribution in [0.1, 0.15) is 5.01 Å². The molecule has 0 saturated carbocycles. The van der Waals surface area contributed by atoms with Crippen molar-refractivity contribution < 1.29 is 9.18 Å². The van der Waals surface area contributed by atoms with Crippen molar-refractivity contribution in [3.8, 4) is 0 Å². The van der Waals surface area contributed by atoms with Gasteiger partial charge in [0.2, 0.25) is 6.08 Å². The Labute approximate surface area is 93.2 Å². The number of hydrogen-bond acceptors (Lipinski definition) is 4. The molecule has 6 heteroatoms. The van der Waals surface area contributed by atoms with Crippen molar-refractivity contribution in [3.05, 3.63) is 21.9 Å². The Bertz CT molecular complexity index is 589. The van der Waals surface area contributed by atoms with E-state index < -0.39 is 5.82 Å². The van der Waals surface area contributed by atoms with Crippen LogP contribution in [0.15, 0.2) is 11.1 Å². The maximum absolute atomic E-state index is 13.4. The first kappa shape index (κ1) is 10.2. The minimum Gasteiger partial charge on any atom is -0.240 e. The number of aromatic nitrogens is 1. The van der Waals surface area contributed by atoms with Crippen LogP contribution < -0.4 is 0 Å². The van der Waals surface area contributed by atoms with E-state index in [4.69, 9.17) is 11.6 Å². The van der Waals surface area contributed by atoms with Crippen LogP contribution in [0.5, 0.6) is 0 Å². The highest BCUT2D eigenvalue weighted by molar-refractivity contribution is 7.19. The van der Waals surface area contributed by atoms with E-state index in [2.05, 4.69) is 9.98 Å². The number of nitrogens with zero attached hydrogens (tertiary/aromatic N) is 2. The van der Waals surface area contributed by atoms with Gasteiger partial charge in [0.1, 0.15) is 11.2 Å². The van der Waals surface area contributed by atoms with E-state index in [0.29, 0.717) is 10.2 Å². The van der Waals surface area contributed by atoms with Crippen LogP contribution >= 0.6 is 22.9 Å². The first-order valence-corrected chi connectivity index (χ1v) is 5.16. The Balaban J connectivity index is 2.94. The molecule has 0 N–H and O–H groups in total. The second-order valence-corrected chi connectivity index (χ2v) is 4.41. The van der Waals surface area contributed by atoms with Gasteiger partial charge in [-0.25, -0.2) is 14.2 Å². The normalized spacial score (nSPS) is 10.3. The van der Waals surface area contributed by atoms with Gasteiger partial charge in [-0.15, -0.1) is 11.3 Å². The maximum Gasteiger partial charge on any atom is 0.240 e. The van der Waals surface area contributed by atoms with Gasteiger partial charge in [0.25, 0.3) is 0 Å². The molecule has 1 aromatic heterocycles. The van der Waals surface area contributed by atoms with E-state index in [0.717, 1.165) is 11.1 Å². The molecule has 0 amide bonds. The molecule has 0 aliphatic heterocycles. The monoisotopic (exact) mass is 242 g/mol. The SMILES string of the molecule is Cc1nc2c(Cl)cc(F)c(N=C=O)c2s1. The molecule has 2 rings (SSSR count). The molecule has 0 unspecified atom stereocenters. The molecule has 0 saturated heterocycles. The van der Waals surface area contributed by atoms with E-state index in [1.54, 1.807) is 6.92 Å². The lowest BCUT2D eigenvalue weighted by atomic mass is 10.3. The van der Waals surface area contributed by atoms with Crippen LogP contribution in [0, 0.1) is 12.7 Å². The molecule has 0 aliphatic rings. The minimum absolute atomic E-state index is 0.0463. The predicted molar refractivity (Wildman–Crippen MR) is 57.1 cm³/mol. The fraction of sp³-hybridized carbons (Fsp3) is 0.111. The van der Waals surface area contributed by atoms with Gasteiger partial charge in [0.05, 0.1) is 14.7 Å². The summed E-state index contributed by atoms with van der Waals surface area (Å²) >= 11 is 7.05. The molecule has 0 atom stereocenters. The molecule has 76 valence electrons. The Morgan fingerprint density at radius 3 is 3.07 bits per heavy atom. The van der Waals surface area contributed by atoms with Gasteiger partial charge in [0, 0.05) is 0 Å². The Kier molecular flexibility index (Phi) is 2.52. The Morgan fingerprint density at radius 1 is 1.67 bits per heavy atom. The molecule has 1 aromatic carbocycles. The summed E-state index contributed by atoms with van der Waals surface area (Å²) in [6.07, 6.45) is 1.32. The molecule has 2 aromatic rings. The molecule has 0 fully saturated rings. The molecule has 15 heavy (non-hydrogen) atoms. The number of aryl methyl sites for hydroxylation is 1. The minimum atomic E-state index is -0.639. The molecular weight excluding hydrogens is 239 g/mol. The van der Waals surface area contributed by atoms with Gasteiger partial charge >= 0.3 is 0 Å². The Morgan fingerprint density at radius 2 is 2.40 bits per heavy atom. The lowest BCUT2D eigenvalue weighted by Crippen LogP contribution is -1.79. The van der Waals surface area contributed by atoms with Crippen molar-refractivity contribution in [2.24, 2.45) is 4.99 Å². The summed E-state index contributed by atoms with van der Waals surface area (Å²) < 4.78 is 13.9. The molecule has 0 bridgehead atoms. The van der Waals surface area contributed by atoms with Gasteiger partial charge in [-0.3, -0.25) is 0 Å². The summed E-state index contributed by atoms with van der Waals surface area (Å²) in [6.45, 7) is 1.77. The summed E-state index contributed by atoms with van der Waals surface area (Å²) in [7, 11) is 0. The number of thiazole rings is 1. The molecule has 0 spiro atoms. The topological polar surface area (TPSA) is 42.3 Å². The predicted octanol–water partition coefficient (Wildman–Crippen LogP) is 3.36. The van der Waals surface area contributed by atoms with Gasteiger partial charge in [-0.05, 0) is 13.0 Å². The zero-order valence-corrected chi connectivity index (χ0v) is 9.12. The number of fused-ring (bicyclic) bond motifs is 1. The molecule has 0 aliphatic carbocycles. The fourth-order valence-corrected chi connectivity index (χ4v) is 2.47. The fourth-order valence-electron chi connectivity index (χ4n) is 1.26. The number of benzene rings is 1. The van der Waals surface area contributed by atoms with Crippen molar-refractivity contribution in [3.63, 3.8) is 0 Å². The molecule has 0 radical (unpaired) electrons. The Hall–Kier alpha value is -1.29. The van der Waals surface area contributed by atoms with Crippen molar-refractivity contribution in [1.29, 1.82) is 0 Å². The van der Waals surface area contributed by atoms with Crippen molar-refractivity contribution in [2.75, 3.05) is 0 Å². The van der Waals surface area contributed by atoms with Crippen LogP contribution in [-0.2, 0) is 4.79 Å². The van der Waals surface area contributed by atoms with Crippen LogP contribution in [-0.4, -0.2) is 11.1 Å². The number of isocyanates is 1. The largest absolute Gasteiger partial charge is 0.240 e. The van der Waals surface area contributed by atoms with Gasteiger partial charge in [0.15, 0.2) is 5.82 Å². The quantitative estimate of drug-likeness (QED) is 0.568. The van der Waals surface area contributed by atoms with Crippen molar-refractivity contribution >= 4 is 44.9 Å². The highest BCUT2D eigenvalue weighted by Crippen LogP contribution is 2.37. The number of halogens is 2. The van der Waals surface area contributed by atoms with Gasteiger partial charge in [-0.2, -0.15) is 4.99 Å². The highest BCUT2D eigenvalue weighted by atomic mass is 35.5. The first-order valence-electron chi connectivity index (χ1n) is 3.96. The zero-order chi connectivity index (χ0) is 11.0. The standard InChI is InChI=1S/C9H4ClFN2OS/c1-4-13-7-5(10)2-6(11)8(12-3-14)9(7)15-4/h2H,1H3. The smallest absolute Gasteiger partial charge is 0.240 e. The second-order valence-electron chi connectivity index (χ2n) is 2.80. The second kappa shape index (κ2) is 3.70. The summed E-state index contributed by atoms with van der Waals surface area (Å²) in [5.41, 5.74) is 0.421. The van der Waals surface area contributed by atoms with Crippen LogP contribution in [0.2, 0.25) is 5.02 Å². The van der Waals surface area contributed by atoms with Crippen molar-refractivity contribution in [2.45, 2.75) is 6.92 Å². The van der Waals surface area contributed by atoms with E-state index in [1.807, 2.05) is 0 Å². The highest BCUT2D eigenvalue weighted by Gasteiger charge is 2.14. The lowest BCUT2D eigenvalue weighted by molar-refractivity contribution is 0.564. The van der Waals surface area contributed by atoms with Gasteiger partial charge in [-0.1, -0.05) is 11.6 Å². The summed E-state index contributed by atoms with van der Waals surface area (Å²) in [4.78, 5) is 17.6. The maximum atomic E-state index is 13.4. The number of hydrogen-bond donors (Lipinski definition) is 0. The van der Waals surface area contributed by atoms with Crippen LogP contribution in [0.3, 0.4) is 0 Å². The number of carbonyl (C=O) groups excluding carboxylic acids is 1.